The second-order valence-corrected chi connectivity index (χ2v) is 8.29. The third-order valence-corrected chi connectivity index (χ3v) is 5.64. The summed E-state index contributed by atoms with van der Waals surface area (Å²) in [6.45, 7) is 0.403. The smallest absolute Gasteiger partial charge is 0.239 e. The van der Waals surface area contributed by atoms with Crippen molar-refractivity contribution in [2.45, 2.75) is 25.9 Å². The van der Waals surface area contributed by atoms with Gasteiger partial charge in [-0.05, 0) is 17.2 Å². The fourth-order valence-corrected chi connectivity index (χ4v) is 3.68. The van der Waals surface area contributed by atoms with Crippen LogP contribution in [0.5, 0.6) is 0 Å². The topological polar surface area (TPSA) is 91.4 Å². The first-order valence-corrected chi connectivity index (χ1v) is 11.3. The summed E-state index contributed by atoms with van der Waals surface area (Å²) in [5.41, 5.74) is 1.69. The molecule has 0 saturated heterocycles. The van der Waals surface area contributed by atoms with Crippen LogP contribution in [0, 0.1) is 0 Å². The maximum atomic E-state index is 12.9. The Hall–Kier alpha value is -3.23. The van der Waals surface area contributed by atoms with Crippen LogP contribution in [0.4, 0.5) is 5.13 Å². The molecule has 3 rings (SSSR count). The standard InChI is InChI=1S/C23H23ClN4O3S/c24-19-9-5-4-8-18(19)15-28(16-21(30)26-14-17-6-2-1-3-7-17)22(31)11-10-20(29)27-23-25-12-13-32-23/h1-9,12-13H,10-11,14-16H2,(H,26,30)(H,25,27,29). The van der Waals surface area contributed by atoms with Gasteiger partial charge in [0, 0.05) is 42.5 Å². The fourth-order valence-electron chi connectivity index (χ4n) is 2.94. The van der Waals surface area contributed by atoms with Crippen molar-refractivity contribution in [2.75, 3.05) is 11.9 Å². The number of carbonyl (C=O) groups excluding carboxylic acids is 3. The number of rotatable bonds is 10. The van der Waals surface area contributed by atoms with E-state index >= 15 is 0 Å². The highest BCUT2D eigenvalue weighted by atomic mass is 35.5. The van der Waals surface area contributed by atoms with E-state index in [0.717, 1.165) is 11.1 Å². The second-order valence-electron chi connectivity index (χ2n) is 6.99. The monoisotopic (exact) mass is 470 g/mol. The molecule has 3 aromatic rings. The number of amides is 3. The molecule has 1 aromatic heterocycles. The van der Waals surface area contributed by atoms with Crippen LogP contribution in [0.3, 0.4) is 0 Å². The molecule has 0 bridgehead atoms. The Morgan fingerprint density at radius 3 is 2.44 bits per heavy atom. The maximum absolute atomic E-state index is 12.9. The van der Waals surface area contributed by atoms with Gasteiger partial charge in [-0.3, -0.25) is 14.4 Å². The lowest BCUT2D eigenvalue weighted by Crippen LogP contribution is -2.40. The van der Waals surface area contributed by atoms with Gasteiger partial charge in [-0.25, -0.2) is 4.98 Å². The second kappa shape index (κ2) is 12.0. The number of carbonyl (C=O) groups is 3. The lowest BCUT2D eigenvalue weighted by atomic mass is 10.2. The molecule has 2 N–H and O–H groups in total. The average Bonchev–Trinajstić information content (AvgIpc) is 3.30. The highest BCUT2D eigenvalue weighted by Gasteiger charge is 2.20. The summed E-state index contributed by atoms with van der Waals surface area (Å²) in [6, 6.07) is 16.7. The molecule has 0 aliphatic heterocycles. The van der Waals surface area contributed by atoms with E-state index in [2.05, 4.69) is 15.6 Å². The van der Waals surface area contributed by atoms with Crippen molar-refractivity contribution < 1.29 is 14.4 Å². The van der Waals surface area contributed by atoms with Gasteiger partial charge in [0.1, 0.15) is 0 Å². The number of thiazole rings is 1. The summed E-state index contributed by atoms with van der Waals surface area (Å²) in [6.07, 6.45) is 1.54. The van der Waals surface area contributed by atoms with E-state index in [9.17, 15) is 14.4 Å². The number of nitrogens with one attached hydrogen (secondary N) is 2. The third-order valence-electron chi connectivity index (χ3n) is 4.58. The van der Waals surface area contributed by atoms with Crippen molar-refractivity contribution in [3.63, 3.8) is 0 Å². The van der Waals surface area contributed by atoms with E-state index in [-0.39, 0.29) is 43.7 Å². The maximum Gasteiger partial charge on any atom is 0.239 e. The van der Waals surface area contributed by atoms with Crippen LogP contribution >= 0.6 is 22.9 Å². The molecule has 7 nitrogen and oxygen atoms in total. The molecule has 9 heteroatoms. The number of anilines is 1. The first-order chi connectivity index (χ1) is 15.5. The quantitative estimate of drug-likeness (QED) is 0.470. The van der Waals surface area contributed by atoms with Gasteiger partial charge < -0.3 is 15.5 Å². The Labute approximate surface area is 195 Å². The van der Waals surface area contributed by atoms with Crippen molar-refractivity contribution in [3.8, 4) is 0 Å². The molecular formula is C23H23ClN4O3S. The minimum absolute atomic E-state index is 0.0108. The van der Waals surface area contributed by atoms with Crippen LogP contribution in [-0.4, -0.2) is 34.2 Å². The van der Waals surface area contributed by atoms with Gasteiger partial charge >= 0.3 is 0 Å². The molecule has 0 aliphatic carbocycles. The van der Waals surface area contributed by atoms with Gasteiger partial charge in [0.25, 0.3) is 0 Å². The minimum Gasteiger partial charge on any atom is -0.350 e. The SMILES string of the molecule is O=C(CN(Cc1ccccc1Cl)C(=O)CCC(=O)Nc1nccs1)NCc1ccccc1. The summed E-state index contributed by atoms with van der Waals surface area (Å²) in [4.78, 5) is 42.9. The largest absolute Gasteiger partial charge is 0.350 e. The number of halogens is 1. The molecule has 0 saturated carbocycles. The first kappa shape index (κ1) is 23.4. The minimum atomic E-state index is -0.311. The lowest BCUT2D eigenvalue weighted by Gasteiger charge is -2.23. The van der Waals surface area contributed by atoms with Crippen LogP contribution in [0.15, 0.2) is 66.2 Å². The van der Waals surface area contributed by atoms with E-state index in [1.165, 1.54) is 16.2 Å². The Kier molecular flexibility index (Phi) is 8.77. The molecule has 1 heterocycles. The van der Waals surface area contributed by atoms with Gasteiger partial charge in [0.2, 0.25) is 17.7 Å². The molecule has 0 spiro atoms. The van der Waals surface area contributed by atoms with Crippen LogP contribution in [0.2, 0.25) is 5.02 Å². The molecule has 166 valence electrons. The van der Waals surface area contributed by atoms with Crippen molar-refractivity contribution in [3.05, 3.63) is 82.3 Å². The molecule has 0 aliphatic rings. The van der Waals surface area contributed by atoms with Crippen molar-refractivity contribution in [1.82, 2.24) is 15.2 Å². The molecule has 0 radical (unpaired) electrons. The summed E-state index contributed by atoms with van der Waals surface area (Å²) >= 11 is 7.55. The Morgan fingerprint density at radius 1 is 0.969 bits per heavy atom. The first-order valence-electron chi connectivity index (χ1n) is 10.0. The van der Waals surface area contributed by atoms with Crippen LogP contribution in [0.1, 0.15) is 24.0 Å². The van der Waals surface area contributed by atoms with E-state index in [4.69, 9.17) is 11.6 Å². The third kappa shape index (κ3) is 7.47. The van der Waals surface area contributed by atoms with Crippen molar-refractivity contribution in [1.29, 1.82) is 0 Å². The molecular weight excluding hydrogens is 448 g/mol. The summed E-state index contributed by atoms with van der Waals surface area (Å²) < 4.78 is 0. The van der Waals surface area contributed by atoms with Crippen molar-refractivity contribution >= 4 is 45.8 Å². The predicted octanol–water partition coefficient (Wildman–Crippen LogP) is 3.86. The molecule has 2 aromatic carbocycles. The number of hydrogen-bond acceptors (Lipinski definition) is 5. The highest BCUT2D eigenvalue weighted by Crippen LogP contribution is 2.18. The number of hydrogen-bond donors (Lipinski definition) is 2. The molecule has 3 amide bonds. The van der Waals surface area contributed by atoms with Gasteiger partial charge in [-0.15, -0.1) is 11.3 Å². The lowest BCUT2D eigenvalue weighted by molar-refractivity contribution is -0.137. The summed E-state index contributed by atoms with van der Waals surface area (Å²) in [5.74, 6) is -0.907. The molecule has 32 heavy (non-hydrogen) atoms. The predicted molar refractivity (Wildman–Crippen MR) is 125 cm³/mol. The highest BCUT2D eigenvalue weighted by molar-refractivity contribution is 7.13. The average molecular weight is 471 g/mol. The van der Waals surface area contributed by atoms with Gasteiger partial charge in [-0.1, -0.05) is 60.1 Å². The zero-order chi connectivity index (χ0) is 22.8. The van der Waals surface area contributed by atoms with E-state index in [0.29, 0.717) is 16.7 Å². The summed E-state index contributed by atoms with van der Waals surface area (Å²) in [7, 11) is 0. The number of benzene rings is 2. The van der Waals surface area contributed by atoms with Crippen LogP contribution in [0.25, 0.3) is 0 Å². The van der Waals surface area contributed by atoms with Gasteiger partial charge in [-0.2, -0.15) is 0 Å². The van der Waals surface area contributed by atoms with Gasteiger partial charge in [0.05, 0.1) is 6.54 Å². The van der Waals surface area contributed by atoms with Crippen LogP contribution in [-0.2, 0) is 27.5 Å². The molecule has 0 fully saturated rings. The molecule has 0 atom stereocenters. The van der Waals surface area contributed by atoms with E-state index in [1.807, 2.05) is 36.4 Å². The number of aromatic nitrogens is 1. The van der Waals surface area contributed by atoms with Crippen molar-refractivity contribution in [2.24, 2.45) is 0 Å². The Morgan fingerprint density at radius 2 is 1.72 bits per heavy atom. The summed E-state index contributed by atoms with van der Waals surface area (Å²) in [5, 5.41) is 8.22. The Bertz CT molecular complexity index is 1040. The van der Waals surface area contributed by atoms with E-state index in [1.54, 1.807) is 29.8 Å². The zero-order valence-electron chi connectivity index (χ0n) is 17.3. The Balaban J connectivity index is 1.60. The van der Waals surface area contributed by atoms with E-state index < -0.39 is 0 Å². The molecule has 0 unspecified atom stereocenters. The normalized spacial score (nSPS) is 10.4. The zero-order valence-corrected chi connectivity index (χ0v) is 18.9. The van der Waals surface area contributed by atoms with Gasteiger partial charge in [0.15, 0.2) is 5.13 Å². The number of nitrogens with zero attached hydrogens (tertiary/aromatic N) is 2. The fraction of sp³-hybridized carbons (Fsp3) is 0.217. The van der Waals surface area contributed by atoms with Crippen LogP contribution < -0.4 is 10.6 Å².